The predicted octanol–water partition coefficient (Wildman–Crippen LogP) is 7.28. The van der Waals surface area contributed by atoms with Crippen LogP contribution in [0.1, 0.15) is 70.3 Å². The molecule has 0 atom stereocenters. The van der Waals surface area contributed by atoms with Crippen molar-refractivity contribution in [1.82, 2.24) is 0 Å². The summed E-state index contributed by atoms with van der Waals surface area (Å²) in [6, 6.07) is 19.3. The molecule has 0 saturated carbocycles. The van der Waals surface area contributed by atoms with Gasteiger partial charge in [-0.15, -0.1) is 0 Å². The number of rotatable bonds is 15. The minimum absolute atomic E-state index is 0.967. The molecule has 0 radical (unpaired) electrons. The summed E-state index contributed by atoms with van der Waals surface area (Å²) in [6.45, 7) is 4.33. The highest BCUT2D eigenvalue weighted by Gasteiger charge is 1.96. The monoisotopic (exact) mass is 366 g/mol. The Morgan fingerprint density at radius 1 is 0.556 bits per heavy atom. The molecule has 0 saturated heterocycles. The Balaban J connectivity index is 1.49. The molecule has 0 fully saturated rings. The third-order valence-corrected chi connectivity index (χ3v) is 5.08. The fourth-order valence-electron chi connectivity index (χ4n) is 3.37. The van der Waals surface area contributed by atoms with Crippen molar-refractivity contribution in [2.24, 2.45) is 0 Å². The van der Waals surface area contributed by atoms with Gasteiger partial charge in [-0.05, 0) is 42.7 Å². The average molecular weight is 367 g/mol. The molecule has 2 rings (SSSR count). The number of hydrogen-bond donors (Lipinski definition) is 2. The Bertz CT molecular complexity index is 577. The first-order chi connectivity index (χ1) is 13.4. The fourth-order valence-corrected chi connectivity index (χ4v) is 3.37. The van der Waals surface area contributed by atoms with E-state index in [9.17, 15) is 0 Å². The van der Waals surface area contributed by atoms with Crippen LogP contribution in [0.15, 0.2) is 54.6 Å². The third kappa shape index (κ3) is 10.1. The first kappa shape index (κ1) is 21.3. The molecule has 0 aliphatic rings. The minimum Gasteiger partial charge on any atom is -0.385 e. The van der Waals surface area contributed by atoms with E-state index in [0.29, 0.717) is 0 Å². The second kappa shape index (κ2) is 14.1. The quantitative estimate of drug-likeness (QED) is 0.323. The summed E-state index contributed by atoms with van der Waals surface area (Å²) in [4.78, 5) is 0. The zero-order chi connectivity index (χ0) is 19.0. The van der Waals surface area contributed by atoms with Gasteiger partial charge in [0.2, 0.25) is 0 Å². The van der Waals surface area contributed by atoms with Crippen LogP contribution in [0, 0.1) is 0 Å². The van der Waals surface area contributed by atoms with E-state index in [2.05, 4.69) is 72.2 Å². The van der Waals surface area contributed by atoms with Crippen LogP contribution in [-0.2, 0) is 6.42 Å². The van der Waals surface area contributed by atoms with Crippen molar-refractivity contribution in [3.63, 3.8) is 0 Å². The van der Waals surface area contributed by atoms with Crippen LogP contribution < -0.4 is 10.6 Å². The van der Waals surface area contributed by atoms with Crippen molar-refractivity contribution in [2.45, 2.75) is 71.1 Å². The maximum Gasteiger partial charge on any atom is 0.0341 e. The number of benzene rings is 2. The molecule has 0 unspecified atom stereocenters. The maximum absolute atomic E-state index is 3.54. The second-order valence-corrected chi connectivity index (χ2v) is 7.49. The largest absolute Gasteiger partial charge is 0.385 e. The van der Waals surface area contributed by atoms with Gasteiger partial charge in [-0.1, -0.05) is 88.6 Å². The highest BCUT2D eigenvalue weighted by Crippen LogP contribution is 2.14. The zero-order valence-electron chi connectivity index (χ0n) is 17.2. The number of anilines is 2. The summed E-state index contributed by atoms with van der Waals surface area (Å²) in [5.74, 6) is 0. The van der Waals surface area contributed by atoms with Crippen LogP contribution >= 0.6 is 0 Å². The van der Waals surface area contributed by atoms with Gasteiger partial charge in [-0.25, -0.2) is 0 Å². The number of nitrogens with one attached hydrogen (secondary N) is 2. The third-order valence-electron chi connectivity index (χ3n) is 5.08. The highest BCUT2D eigenvalue weighted by atomic mass is 14.9. The molecule has 2 aromatic rings. The van der Waals surface area contributed by atoms with Crippen LogP contribution in [-0.4, -0.2) is 13.1 Å². The first-order valence-corrected chi connectivity index (χ1v) is 11.0. The zero-order valence-corrected chi connectivity index (χ0v) is 17.2. The van der Waals surface area contributed by atoms with E-state index in [-0.39, 0.29) is 0 Å². The Morgan fingerprint density at radius 3 is 1.67 bits per heavy atom. The van der Waals surface area contributed by atoms with Gasteiger partial charge in [0.1, 0.15) is 0 Å². The lowest BCUT2D eigenvalue weighted by atomic mass is 10.1. The van der Waals surface area contributed by atoms with Gasteiger partial charge in [0.15, 0.2) is 0 Å². The molecule has 27 heavy (non-hydrogen) atoms. The molecular formula is C25H38N2. The van der Waals surface area contributed by atoms with Crippen LogP contribution in [0.2, 0.25) is 0 Å². The van der Waals surface area contributed by atoms with E-state index in [1.165, 1.54) is 74.7 Å². The van der Waals surface area contributed by atoms with E-state index < -0.39 is 0 Å². The Labute approximate surface area is 166 Å². The normalized spacial score (nSPS) is 10.7. The molecule has 2 nitrogen and oxygen atoms in total. The molecule has 0 bridgehead atoms. The summed E-state index contributed by atoms with van der Waals surface area (Å²) < 4.78 is 0. The van der Waals surface area contributed by atoms with E-state index in [4.69, 9.17) is 0 Å². The molecule has 0 spiro atoms. The van der Waals surface area contributed by atoms with Gasteiger partial charge in [0.05, 0.1) is 0 Å². The van der Waals surface area contributed by atoms with Crippen LogP contribution in [0.3, 0.4) is 0 Å². The fraction of sp³-hybridized carbons (Fsp3) is 0.520. The van der Waals surface area contributed by atoms with Gasteiger partial charge in [0, 0.05) is 24.5 Å². The SMILES string of the molecule is CCCCCCCCCCCNc1ccc(NCCc2ccccc2)cc1. The lowest BCUT2D eigenvalue weighted by molar-refractivity contribution is 0.569. The molecule has 2 heteroatoms. The molecule has 0 aliphatic carbocycles. The Morgan fingerprint density at radius 2 is 1.07 bits per heavy atom. The Hall–Kier alpha value is -1.96. The van der Waals surface area contributed by atoms with Gasteiger partial charge >= 0.3 is 0 Å². The van der Waals surface area contributed by atoms with E-state index in [1.807, 2.05) is 0 Å². The molecule has 2 aromatic carbocycles. The molecule has 0 heterocycles. The minimum atomic E-state index is 0.967. The van der Waals surface area contributed by atoms with Crippen molar-refractivity contribution < 1.29 is 0 Å². The van der Waals surface area contributed by atoms with Crippen molar-refractivity contribution in [3.05, 3.63) is 60.2 Å². The standard InChI is InChI=1S/C25H38N2/c1-2-3-4-5-6-7-8-9-13-21-26-24-16-18-25(19-17-24)27-22-20-23-14-11-10-12-15-23/h10-12,14-19,26-27H,2-9,13,20-22H2,1H3. The number of unbranched alkanes of at least 4 members (excludes halogenated alkanes) is 8. The van der Waals surface area contributed by atoms with E-state index in [1.54, 1.807) is 0 Å². The van der Waals surface area contributed by atoms with Crippen molar-refractivity contribution in [2.75, 3.05) is 23.7 Å². The smallest absolute Gasteiger partial charge is 0.0341 e. The molecule has 0 aliphatic heterocycles. The molecular weight excluding hydrogens is 328 g/mol. The van der Waals surface area contributed by atoms with E-state index in [0.717, 1.165) is 19.5 Å². The Kier molecular flexibility index (Phi) is 11.2. The van der Waals surface area contributed by atoms with Crippen LogP contribution in [0.25, 0.3) is 0 Å². The van der Waals surface area contributed by atoms with E-state index >= 15 is 0 Å². The lowest BCUT2D eigenvalue weighted by Crippen LogP contribution is -2.05. The summed E-state index contributed by atoms with van der Waals surface area (Å²) >= 11 is 0. The lowest BCUT2D eigenvalue weighted by Gasteiger charge is -2.09. The van der Waals surface area contributed by atoms with Gasteiger partial charge < -0.3 is 10.6 Å². The number of hydrogen-bond acceptors (Lipinski definition) is 2. The molecule has 0 amide bonds. The molecule has 2 N–H and O–H groups in total. The second-order valence-electron chi connectivity index (χ2n) is 7.49. The topological polar surface area (TPSA) is 24.1 Å². The van der Waals surface area contributed by atoms with Gasteiger partial charge in [-0.3, -0.25) is 0 Å². The highest BCUT2D eigenvalue weighted by molar-refractivity contribution is 5.53. The van der Waals surface area contributed by atoms with Crippen molar-refractivity contribution in [1.29, 1.82) is 0 Å². The van der Waals surface area contributed by atoms with Crippen molar-refractivity contribution >= 4 is 11.4 Å². The molecule has 0 aromatic heterocycles. The maximum atomic E-state index is 3.54. The summed E-state index contributed by atoms with van der Waals surface area (Å²) in [6.07, 6.45) is 13.5. The van der Waals surface area contributed by atoms with Crippen LogP contribution in [0.4, 0.5) is 11.4 Å². The average Bonchev–Trinajstić information content (AvgIpc) is 2.71. The predicted molar refractivity (Wildman–Crippen MR) is 121 cm³/mol. The summed E-state index contributed by atoms with van der Waals surface area (Å²) in [5, 5.41) is 7.05. The first-order valence-electron chi connectivity index (χ1n) is 11.0. The summed E-state index contributed by atoms with van der Waals surface area (Å²) in [5.41, 5.74) is 3.80. The van der Waals surface area contributed by atoms with Crippen LogP contribution in [0.5, 0.6) is 0 Å². The van der Waals surface area contributed by atoms with Crippen molar-refractivity contribution in [3.8, 4) is 0 Å². The van der Waals surface area contributed by atoms with Gasteiger partial charge in [0.25, 0.3) is 0 Å². The summed E-state index contributed by atoms with van der Waals surface area (Å²) in [7, 11) is 0. The van der Waals surface area contributed by atoms with Gasteiger partial charge in [-0.2, -0.15) is 0 Å². The molecule has 148 valence electrons.